The van der Waals surface area contributed by atoms with Crippen LogP contribution >= 0.6 is 11.8 Å². The number of carbonyl (C=O) groups is 3. The maximum atomic E-state index is 14.5. The molecule has 39 heavy (non-hydrogen) atoms. The summed E-state index contributed by atoms with van der Waals surface area (Å²) in [5.74, 6) is -0.566. The van der Waals surface area contributed by atoms with E-state index in [1.54, 1.807) is 55.5 Å². The Labute approximate surface area is 228 Å². The van der Waals surface area contributed by atoms with Crippen LogP contribution in [0.4, 0.5) is 15.8 Å². The molecule has 2 amide bonds. The van der Waals surface area contributed by atoms with Gasteiger partial charge in [0.25, 0.3) is 0 Å². The fraction of sp³-hybridized carbons (Fsp3) is 0.214. The molecule has 0 aliphatic carbocycles. The number of para-hydroxylation sites is 1. The molecule has 0 saturated carbocycles. The minimum Gasteiger partial charge on any atom is -0.462 e. The van der Waals surface area contributed by atoms with Crippen molar-refractivity contribution in [3.63, 3.8) is 0 Å². The lowest BCUT2D eigenvalue weighted by Crippen LogP contribution is -2.44. The number of halogens is 1. The number of aliphatic imine (C=N–C) groups is 1. The smallest absolute Gasteiger partial charge is 0.338 e. The van der Waals surface area contributed by atoms with Crippen LogP contribution in [0.2, 0.25) is 0 Å². The monoisotopic (exact) mass is 549 g/mol. The van der Waals surface area contributed by atoms with Gasteiger partial charge in [0, 0.05) is 12.1 Å². The zero-order valence-corrected chi connectivity index (χ0v) is 21.7. The molecule has 0 spiro atoms. The van der Waals surface area contributed by atoms with Gasteiger partial charge < -0.3 is 19.5 Å². The summed E-state index contributed by atoms with van der Waals surface area (Å²) in [7, 11) is 0. The molecule has 200 valence electrons. The first-order valence-electron chi connectivity index (χ1n) is 12.2. The topological polar surface area (TPSA) is 107 Å². The Morgan fingerprint density at radius 2 is 1.87 bits per heavy atom. The van der Waals surface area contributed by atoms with Gasteiger partial charge >= 0.3 is 5.97 Å². The van der Waals surface area contributed by atoms with E-state index in [-0.39, 0.29) is 43.1 Å². The molecule has 1 atom stereocenters. The summed E-state index contributed by atoms with van der Waals surface area (Å²) in [4.78, 5) is 44.2. The molecular formula is C28H24FN3O6S. The highest BCUT2D eigenvalue weighted by Gasteiger charge is 2.36. The van der Waals surface area contributed by atoms with Crippen molar-refractivity contribution in [3.8, 4) is 11.5 Å². The van der Waals surface area contributed by atoms with Gasteiger partial charge in [0.2, 0.25) is 18.6 Å². The van der Waals surface area contributed by atoms with Crippen LogP contribution in [0.5, 0.6) is 11.5 Å². The summed E-state index contributed by atoms with van der Waals surface area (Å²) < 4.78 is 30.2. The summed E-state index contributed by atoms with van der Waals surface area (Å²) in [6.45, 7) is 2.25. The standard InChI is InChI=1S/C28H24FN3O6S/c1-2-36-27(35)18-8-10-19(11-9-18)30-26(34)24-14-25(33)32(15-17-7-12-22-23(13-17)38-16-37-22)28(39-24)31-21-6-4-3-5-20(21)29/h3-13,24H,2,14-16H2,1H3,(H,30,34)/t24-/m0/s1. The van der Waals surface area contributed by atoms with Crippen LogP contribution in [0.15, 0.2) is 71.7 Å². The number of thioether (sulfide) groups is 1. The molecular weight excluding hydrogens is 525 g/mol. The number of carbonyl (C=O) groups excluding carboxylic acids is 3. The van der Waals surface area contributed by atoms with Crippen LogP contribution < -0.4 is 14.8 Å². The molecule has 1 N–H and O–H groups in total. The van der Waals surface area contributed by atoms with Crippen molar-refractivity contribution in [1.29, 1.82) is 0 Å². The highest BCUT2D eigenvalue weighted by molar-refractivity contribution is 8.15. The molecule has 2 aliphatic heterocycles. The van der Waals surface area contributed by atoms with Gasteiger partial charge in [0.15, 0.2) is 16.7 Å². The Bertz CT molecular complexity index is 1450. The number of esters is 1. The Balaban J connectivity index is 1.36. The van der Waals surface area contributed by atoms with Crippen LogP contribution in [0.3, 0.4) is 0 Å². The van der Waals surface area contributed by atoms with Crippen molar-refractivity contribution in [1.82, 2.24) is 4.90 Å². The zero-order valence-electron chi connectivity index (χ0n) is 20.9. The summed E-state index contributed by atoms with van der Waals surface area (Å²) >= 11 is 1.08. The Morgan fingerprint density at radius 3 is 2.64 bits per heavy atom. The average molecular weight is 550 g/mol. The van der Waals surface area contributed by atoms with Crippen molar-refractivity contribution >= 4 is 46.1 Å². The Kier molecular flexibility index (Phi) is 7.78. The van der Waals surface area contributed by atoms with Crippen molar-refractivity contribution in [3.05, 3.63) is 83.7 Å². The molecule has 5 rings (SSSR count). The lowest BCUT2D eigenvalue weighted by Gasteiger charge is -2.32. The first-order valence-corrected chi connectivity index (χ1v) is 13.1. The summed E-state index contributed by atoms with van der Waals surface area (Å²) in [6, 6.07) is 17.6. The van der Waals surface area contributed by atoms with Crippen LogP contribution in [0, 0.1) is 5.82 Å². The van der Waals surface area contributed by atoms with E-state index >= 15 is 0 Å². The number of nitrogens with one attached hydrogen (secondary N) is 1. The summed E-state index contributed by atoms with van der Waals surface area (Å²) in [6.07, 6.45) is -0.0851. The molecule has 11 heteroatoms. The predicted molar refractivity (Wildman–Crippen MR) is 144 cm³/mol. The fourth-order valence-electron chi connectivity index (χ4n) is 3.99. The number of amidine groups is 1. The predicted octanol–water partition coefficient (Wildman–Crippen LogP) is 4.89. The average Bonchev–Trinajstić information content (AvgIpc) is 3.40. The first kappa shape index (κ1) is 26.2. The number of amides is 2. The number of anilines is 1. The highest BCUT2D eigenvalue weighted by Crippen LogP contribution is 2.35. The summed E-state index contributed by atoms with van der Waals surface area (Å²) in [5, 5.41) is 2.17. The second-order valence-corrected chi connectivity index (χ2v) is 9.78. The second kappa shape index (κ2) is 11.6. The molecule has 0 aromatic heterocycles. The minimum absolute atomic E-state index is 0.0547. The van der Waals surface area contributed by atoms with Crippen molar-refractivity contribution < 1.29 is 33.0 Å². The van der Waals surface area contributed by atoms with Crippen molar-refractivity contribution in [2.75, 3.05) is 18.7 Å². The third-order valence-electron chi connectivity index (χ3n) is 5.94. The number of benzene rings is 3. The molecule has 0 bridgehead atoms. The first-order chi connectivity index (χ1) is 18.9. The van der Waals surface area contributed by atoms with Gasteiger partial charge in [0.1, 0.15) is 16.8 Å². The van der Waals surface area contributed by atoms with Crippen LogP contribution in [-0.2, 0) is 20.9 Å². The third-order valence-corrected chi connectivity index (χ3v) is 7.13. The summed E-state index contributed by atoms with van der Waals surface area (Å²) in [5.41, 5.74) is 1.63. The maximum Gasteiger partial charge on any atom is 0.338 e. The molecule has 9 nitrogen and oxygen atoms in total. The minimum atomic E-state index is -0.805. The van der Waals surface area contributed by atoms with E-state index < -0.39 is 22.9 Å². The molecule has 1 saturated heterocycles. The number of nitrogens with zero attached hydrogens (tertiary/aromatic N) is 2. The number of ether oxygens (including phenoxy) is 3. The maximum absolute atomic E-state index is 14.5. The number of hydrogen-bond donors (Lipinski definition) is 1. The van der Waals surface area contributed by atoms with Gasteiger partial charge in [-0.25, -0.2) is 14.2 Å². The number of rotatable bonds is 7. The van der Waals surface area contributed by atoms with Gasteiger partial charge in [0.05, 0.1) is 18.7 Å². The van der Waals surface area contributed by atoms with Gasteiger partial charge in [-0.05, 0) is 61.0 Å². The molecule has 0 unspecified atom stereocenters. The molecule has 0 radical (unpaired) electrons. The quantitative estimate of drug-likeness (QED) is 0.418. The van der Waals surface area contributed by atoms with E-state index in [2.05, 4.69) is 10.3 Å². The van der Waals surface area contributed by atoms with Gasteiger partial charge in [-0.15, -0.1) is 0 Å². The van der Waals surface area contributed by atoms with Crippen molar-refractivity contribution in [2.45, 2.75) is 25.1 Å². The SMILES string of the molecule is CCOC(=O)c1ccc(NC(=O)[C@@H]2CC(=O)N(Cc3ccc4c(c3)OCO4)C(=Nc3ccccc3F)S2)cc1. The van der Waals surface area contributed by atoms with Gasteiger partial charge in [-0.3, -0.25) is 14.5 Å². The zero-order chi connectivity index (χ0) is 27.4. The van der Waals surface area contributed by atoms with Crippen LogP contribution in [-0.4, -0.2) is 46.5 Å². The van der Waals surface area contributed by atoms with Gasteiger partial charge in [-0.1, -0.05) is 30.0 Å². The van der Waals surface area contributed by atoms with E-state index in [0.717, 1.165) is 17.3 Å². The molecule has 3 aromatic carbocycles. The number of hydrogen-bond acceptors (Lipinski definition) is 8. The van der Waals surface area contributed by atoms with E-state index in [0.29, 0.717) is 22.7 Å². The number of fused-ring (bicyclic) bond motifs is 1. The van der Waals surface area contributed by atoms with E-state index in [1.807, 2.05) is 6.07 Å². The highest BCUT2D eigenvalue weighted by atomic mass is 32.2. The Morgan fingerprint density at radius 1 is 1.10 bits per heavy atom. The molecule has 2 aliphatic rings. The van der Waals surface area contributed by atoms with E-state index in [9.17, 15) is 18.8 Å². The van der Waals surface area contributed by atoms with E-state index in [4.69, 9.17) is 14.2 Å². The van der Waals surface area contributed by atoms with Crippen LogP contribution in [0.25, 0.3) is 0 Å². The molecule has 2 heterocycles. The largest absolute Gasteiger partial charge is 0.462 e. The van der Waals surface area contributed by atoms with Gasteiger partial charge in [-0.2, -0.15) is 0 Å². The lowest BCUT2D eigenvalue weighted by atomic mass is 10.1. The molecule has 1 fully saturated rings. The molecule has 3 aromatic rings. The Hall–Kier alpha value is -4.38. The fourth-order valence-corrected chi connectivity index (χ4v) is 5.08. The third kappa shape index (κ3) is 6.04. The van der Waals surface area contributed by atoms with Crippen molar-refractivity contribution in [2.24, 2.45) is 4.99 Å². The second-order valence-electron chi connectivity index (χ2n) is 8.61. The van der Waals surface area contributed by atoms with E-state index in [1.165, 1.54) is 17.0 Å². The normalized spacial score (nSPS) is 17.3. The van der Waals surface area contributed by atoms with Crippen LogP contribution in [0.1, 0.15) is 29.3 Å². The lowest BCUT2D eigenvalue weighted by molar-refractivity contribution is -0.129.